The summed E-state index contributed by atoms with van der Waals surface area (Å²) in [6.45, 7) is 5.34. The standard InChI is InChI=1S/C21H27N3O5S.C2HF3O2/c1-5-24(13-12-23(3)4)20-11-8-17(21(26)27)14-19(20)22-30(28,29)18-9-6-16(7-10-18)15(2)25;3-2(4,5)1(6)7/h6-11,14,22H,5,12-13H2,1-4H3,(H,26,27);(H,6,7). The van der Waals surface area contributed by atoms with Gasteiger partial charge in [0.1, 0.15) is 0 Å². The van der Waals surface area contributed by atoms with E-state index in [4.69, 9.17) is 9.90 Å². The molecule has 0 amide bonds. The van der Waals surface area contributed by atoms with Gasteiger partial charge in [0, 0.05) is 25.2 Å². The molecule has 0 aliphatic heterocycles. The number of benzene rings is 2. The van der Waals surface area contributed by atoms with Crippen molar-refractivity contribution >= 4 is 39.1 Å². The number of hydrogen-bond donors (Lipinski definition) is 3. The van der Waals surface area contributed by atoms with Crippen molar-refractivity contribution in [2.45, 2.75) is 24.9 Å². The normalized spacial score (nSPS) is 11.4. The number of hydrogen-bond acceptors (Lipinski definition) is 7. The summed E-state index contributed by atoms with van der Waals surface area (Å²) in [6, 6.07) is 9.97. The monoisotopic (exact) mass is 547 g/mol. The van der Waals surface area contributed by atoms with E-state index in [-0.39, 0.29) is 21.9 Å². The Hall–Kier alpha value is -3.65. The number of carboxylic acid groups (broad SMARTS) is 2. The van der Waals surface area contributed by atoms with Crippen LogP contribution < -0.4 is 9.62 Å². The van der Waals surface area contributed by atoms with Gasteiger partial charge in [-0.15, -0.1) is 0 Å². The molecule has 37 heavy (non-hydrogen) atoms. The quantitative estimate of drug-likeness (QED) is 0.381. The van der Waals surface area contributed by atoms with Crippen LogP contribution in [0, 0.1) is 0 Å². The summed E-state index contributed by atoms with van der Waals surface area (Å²) in [6.07, 6.45) is -5.08. The predicted octanol–water partition coefficient (Wildman–Crippen LogP) is 3.41. The third kappa shape index (κ3) is 9.73. The number of nitrogens with one attached hydrogen (secondary N) is 1. The minimum absolute atomic E-state index is 0.0180. The first-order chi connectivity index (χ1) is 17.0. The minimum Gasteiger partial charge on any atom is -0.478 e. The van der Waals surface area contributed by atoms with Gasteiger partial charge in [0.15, 0.2) is 5.78 Å². The molecule has 2 aromatic carbocycles. The number of rotatable bonds is 10. The van der Waals surface area contributed by atoms with Gasteiger partial charge in [0.2, 0.25) is 0 Å². The Morgan fingerprint density at radius 2 is 1.46 bits per heavy atom. The smallest absolute Gasteiger partial charge is 0.478 e. The van der Waals surface area contributed by atoms with E-state index in [2.05, 4.69) is 4.72 Å². The average molecular weight is 548 g/mol. The molecule has 0 unspecified atom stereocenters. The molecule has 2 rings (SSSR count). The summed E-state index contributed by atoms with van der Waals surface area (Å²) in [7, 11) is -0.105. The molecule has 0 spiro atoms. The second kappa shape index (κ2) is 13.1. The highest BCUT2D eigenvalue weighted by Crippen LogP contribution is 2.30. The molecule has 0 saturated carbocycles. The first-order valence-corrected chi connectivity index (χ1v) is 12.2. The molecule has 0 aliphatic carbocycles. The molecule has 0 bridgehead atoms. The summed E-state index contributed by atoms with van der Waals surface area (Å²) >= 11 is 0. The number of anilines is 2. The van der Waals surface area contributed by atoms with Crippen LogP contribution in [-0.2, 0) is 14.8 Å². The minimum atomic E-state index is -5.08. The van der Waals surface area contributed by atoms with E-state index >= 15 is 0 Å². The SMILES string of the molecule is CCN(CCN(C)C)c1ccc(C(=O)O)cc1NS(=O)(=O)c1ccc(C(C)=O)cc1.O=C(O)C(F)(F)F. The van der Waals surface area contributed by atoms with Crippen LogP contribution in [-0.4, -0.2) is 81.2 Å². The van der Waals surface area contributed by atoms with Gasteiger partial charge in [-0.3, -0.25) is 9.52 Å². The molecular weight excluding hydrogens is 519 g/mol. The van der Waals surface area contributed by atoms with Crippen molar-refractivity contribution < 1.29 is 46.2 Å². The van der Waals surface area contributed by atoms with E-state index in [1.54, 1.807) is 6.07 Å². The highest BCUT2D eigenvalue weighted by molar-refractivity contribution is 7.92. The average Bonchev–Trinajstić information content (AvgIpc) is 2.79. The molecule has 0 saturated heterocycles. The zero-order valence-electron chi connectivity index (χ0n) is 20.5. The van der Waals surface area contributed by atoms with Gasteiger partial charge in [0.25, 0.3) is 10.0 Å². The number of carbonyl (C=O) groups excluding carboxylic acids is 1. The summed E-state index contributed by atoms with van der Waals surface area (Å²) in [5.41, 5.74) is 1.16. The summed E-state index contributed by atoms with van der Waals surface area (Å²) < 4.78 is 60.1. The second-order valence-electron chi connectivity index (χ2n) is 7.91. The number of aromatic carboxylic acids is 1. The van der Waals surface area contributed by atoms with E-state index in [0.29, 0.717) is 24.3 Å². The molecule has 0 aromatic heterocycles. The van der Waals surface area contributed by atoms with E-state index in [9.17, 15) is 36.3 Å². The summed E-state index contributed by atoms with van der Waals surface area (Å²) in [5, 5.41) is 16.5. The van der Waals surface area contributed by atoms with Crippen molar-refractivity contribution in [2.75, 3.05) is 43.4 Å². The number of nitrogens with zero attached hydrogens (tertiary/aromatic N) is 2. The van der Waals surface area contributed by atoms with Gasteiger partial charge in [-0.25, -0.2) is 18.0 Å². The number of halogens is 3. The van der Waals surface area contributed by atoms with Crippen LogP contribution in [0.4, 0.5) is 24.5 Å². The van der Waals surface area contributed by atoms with Gasteiger partial charge in [-0.05, 0) is 58.3 Å². The van der Waals surface area contributed by atoms with Crippen molar-refractivity contribution in [3.05, 3.63) is 53.6 Å². The van der Waals surface area contributed by atoms with Crippen LogP contribution in [0.2, 0.25) is 0 Å². The van der Waals surface area contributed by atoms with Gasteiger partial charge in [-0.1, -0.05) is 12.1 Å². The molecule has 2 aromatic rings. The number of aliphatic carboxylic acids is 1. The third-order valence-corrected chi connectivity index (χ3v) is 6.22. The van der Waals surface area contributed by atoms with Gasteiger partial charge in [-0.2, -0.15) is 13.2 Å². The highest BCUT2D eigenvalue weighted by Gasteiger charge is 2.38. The first-order valence-electron chi connectivity index (χ1n) is 10.7. The van der Waals surface area contributed by atoms with Crippen LogP contribution in [0.3, 0.4) is 0 Å². The molecule has 10 nitrogen and oxygen atoms in total. The van der Waals surface area contributed by atoms with Crippen LogP contribution in [0.5, 0.6) is 0 Å². The highest BCUT2D eigenvalue weighted by atomic mass is 32.2. The van der Waals surface area contributed by atoms with Crippen LogP contribution in [0.25, 0.3) is 0 Å². The van der Waals surface area contributed by atoms with E-state index in [1.807, 2.05) is 30.8 Å². The third-order valence-electron chi connectivity index (χ3n) is 4.84. The van der Waals surface area contributed by atoms with Crippen LogP contribution in [0.15, 0.2) is 47.4 Å². The number of carbonyl (C=O) groups is 3. The predicted molar refractivity (Wildman–Crippen MR) is 131 cm³/mol. The maximum absolute atomic E-state index is 12.9. The van der Waals surface area contributed by atoms with E-state index in [1.165, 1.54) is 43.3 Å². The Morgan fingerprint density at radius 1 is 0.946 bits per heavy atom. The maximum atomic E-state index is 12.9. The molecule has 0 radical (unpaired) electrons. The summed E-state index contributed by atoms with van der Waals surface area (Å²) in [5.74, 6) is -4.07. The fourth-order valence-electron chi connectivity index (χ4n) is 2.87. The zero-order valence-corrected chi connectivity index (χ0v) is 21.4. The Morgan fingerprint density at radius 3 is 1.86 bits per heavy atom. The lowest BCUT2D eigenvalue weighted by Crippen LogP contribution is -2.32. The molecule has 0 fully saturated rings. The zero-order chi connectivity index (χ0) is 28.6. The molecule has 0 heterocycles. The molecule has 3 N–H and O–H groups in total. The van der Waals surface area contributed by atoms with Gasteiger partial charge < -0.3 is 20.0 Å². The Balaban J connectivity index is 0.000000856. The largest absolute Gasteiger partial charge is 0.490 e. The van der Waals surface area contributed by atoms with Crippen molar-refractivity contribution in [3.8, 4) is 0 Å². The number of alkyl halides is 3. The van der Waals surface area contributed by atoms with Crippen molar-refractivity contribution in [1.82, 2.24) is 4.90 Å². The lowest BCUT2D eigenvalue weighted by atomic mass is 10.1. The van der Waals surface area contributed by atoms with Crippen molar-refractivity contribution in [2.24, 2.45) is 0 Å². The van der Waals surface area contributed by atoms with E-state index in [0.717, 1.165) is 6.54 Å². The lowest BCUT2D eigenvalue weighted by Gasteiger charge is -2.27. The van der Waals surface area contributed by atoms with Gasteiger partial charge in [0.05, 0.1) is 21.8 Å². The first kappa shape index (κ1) is 31.4. The Bertz CT molecular complexity index is 1220. The Labute approximate surface area is 212 Å². The molecule has 204 valence electrons. The molecule has 0 atom stereocenters. The fourth-order valence-corrected chi connectivity index (χ4v) is 3.93. The number of carboxylic acids is 2. The van der Waals surface area contributed by atoms with Crippen molar-refractivity contribution in [1.29, 1.82) is 0 Å². The topological polar surface area (TPSA) is 144 Å². The second-order valence-corrected chi connectivity index (χ2v) is 9.59. The molecule has 0 aliphatic rings. The van der Waals surface area contributed by atoms with Crippen LogP contribution >= 0.6 is 0 Å². The van der Waals surface area contributed by atoms with E-state index < -0.39 is 28.1 Å². The number of ketones is 1. The lowest BCUT2D eigenvalue weighted by molar-refractivity contribution is -0.192. The van der Waals surface area contributed by atoms with Crippen molar-refractivity contribution in [3.63, 3.8) is 0 Å². The summed E-state index contributed by atoms with van der Waals surface area (Å²) in [4.78, 5) is 35.7. The van der Waals surface area contributed by atoms with Gasteiger partial charge >= 0.3 is 18.1 Å². The molecule has 14 heteroatoms. The number of likely N-dealkylation sites (N-methyl/N-ethyl adjacent to an activating group) is 2. The Kier molecular flexibility index (Phi) is 11.1. The van der Waals surface area contributed by atoms with Crippen LogP contribution in [0.1, 0.15) is 34.6 Å². The molecular formula is C23H28F3N3O7S. The number of Topliss-reactive ketones (excluding diaryl/α,β-unsaturated/α-hetero) is 1. The maximum Gasteiger partial charge on any atom is 0.490 e. The fraction of sp³-hybridized carbons (Fsp3) is 0.348. The number of sulfonamides is 1.